The lowest BCUT2D eigenvalue weighted by atomic mass is 10.2. The number of nitrogens with one attached hydrogen (secondary N) is 1. The third kappa shape index (κ3) is 6.84. The van der Waals surface area contributed by atoms with E-state index < -0.39 is 0 Å². The fraction of sp³-hybridized carbons (Fsp3) is 0.933. The van der Waals surface area contributed by atoms with Gasteiger partial charge in [0.1, 0.15) is 0 Å². The van der Waals surface area contributed by atoms with Gasteiger partial charge in [-0.2, -0.15) is 11.8 Å². The number of guanidine groups is 1. The highest BCUT2D eigenvalue weighted by Crippen LogP contribution is 2.05. The van der Waals surface area contributed by atoms with Gasteiger partial charge >= 0.3 is 0 Å². The molecule has 0 spiro atoms. The van der Waals surface area contributed by atoms with Gasteiger partial charge in [-0.1, -0.05) is 13.8 Å². The smallest absolute Gasteiger partial charge is 0.193 e. The van der Waals surface area contributed by atoms with Gasteiger partial charge in [-0.05, 0) is 30.8 Å². The molecule has 0 aromatic rings. The number of hydrogen-bond donors (Lipinski definition) is 1. The van der Waals surface area contributed by atoms with Crippen molar-refractivity contribution < 1.29 is 0 Å². The summed E-state index contributed by atoms with van der Waals surface area (Å²) in [7, 11) is 1.89. The van der Waals surface area contributed by atoms with Crippen molar-refractivity contribution in [3.05, 3.63) is 0 Å². The number of rotatable bonds is 7. The number of aliphatic imine (C=N–C) groups is 1. The van der Waals surface area contributed by atoms with Crippen molar-refractivity contribution in [1.82, 2.24) is 15.1 Å². The van der Waals surface area contributed by atoms with Gasteiger partial charge in [-0.25, -0.2) is 0 Å². The highest BCUT2D eigenvalue weighted by molar-refractivity contribution is 7.98. The zero-order valence-corrected chi connectivity index (χ0v) is 14.5. The van der Waals surface area contributed by atoms with Crippen molar-refractivity contribution >= 4 is 17.7 Å². The van der Waals surface area contributed by atoms with Crippen LogP contribution in [0.15, 0.2) is 4.99 Å². The normalized spacial score (nSPS) is 17.9. The van der Waals surface area contributed by atoms with Crippen molar-refractivity contribution in [3.63, 3.8) is 0 Å². The quantitative estimate of drug-likeness (QED) is 0.442. The summed E-state index contributed by atoms with van der Waals surface area (Å²) in [5.41, 5.74) is 0. The van der Waals surface area contributed by atoms with Crippen LogP contribution in [-0.2, 0) is 0 Å². The highest BCUT2D eigenvalue weighted by atomic mass is 32.2. The first-order valence-electron chi connectivity index (χ1n) is 7.84. The molecule has 0 aromatic heterocycles. The van der Waals surface area contributed by atoms with Gasteiger partial charge in [-0.15, -0.1) is 0 Å². The zero-order valence-electron chi connectivity index (χ0n) is 13.7. The Morgan fingerprint density at radius 1 is 1.20 bits per heavy atom. The van der Waals surface area contributed by atoms with E-state index in [2.05, 4.69) is 40.2 Å². The summed E-state index contributed by atoms with van der Waals surface area (Å²) >= 11 is 1.93. The standard InChI is InChI=1S/C15H32N4S/c1-14(2)13-18-8-10-19(11-9-18)15(16-3)17-7-5-6-12-20-4/h14H,5-13H2,1-4H3,(H,16,17). The van der Waals surface area contributed by atoms with Gasteiger partial charge in [0.05, 0.1) is 0 Å². The van der Waals surface area contributed by atoms with Crippen LogP contribution in [0.5, 0.6) is 0 Å². The van der Waals surface area contributed by atoms with Crippen LogP contribution in [0.2, 0.25) is 0 Å². The molecule has 1 rings (SSSR count). The maximum atomic E-state index is 4.42. The Balaban J connectivity index is 2.23. The van der Waals surface area contributed by atoms with Gasteiger partial charge in [-0.3, -0.25) is 9.89 Å². The topological polar surface area (TPSA) is 30.9 Å². The third-order valence-electron chi connectivity index (χ3n) is 3.57. The Morgan fingerprint density at radius 3 is 2.45 bits per heavy atom. The van der Waals surface area contributed by atoms with Gasteiger partial charge in [0.15, 0.2) is 5.96 Å². The minimum atomic E-state index is 0.760. The molecule has 1 aliphatic heterocycles. The van der Waals surface area contributed by atoms with E-state index in [4.69, 9.17) is 0 Å². The number of piperazine rings is 1. The van der Waals surface area contributed by atoms with E-state index in [1.165, 1.54) is 25.1 Å². The van der Waals surface area contributed by atoms with Crippen LogP contribution in [0, 0.1) is 5.92 Å². The molecule has 0 radical (unpaired) electrons. The van der Waals surface area contributed by atoms with E-state index >= 15 is 0 Å². The summed E-state index contributed by atoms with van der Waals surface area (Å²) in [6.07, 6.45) is 4.68. The second-order valence-electron chi connectivity index (χ2n) is 5.86. The monoisotopic (exact) mass is 300 g/mol. The second kappa shape index (κ2) is 10.3. The second-order valence-corrected chi connectivity index (χ2v) is 6.84. The Kier molecular flexibility index (Phi) is 9.10. The van der Waals surface area contributed by atoms with Crippen molar-refractivity contribution in [2.75, 3.05) is 58.3 Å². The maximum Gasteiger partial charge on any atom is 0.193 e. The van der Waals surface area contributed by atoms with Crippen LogP contribution in [0.4, 0.5) is 0 Å². The van der Waals surface area contributed by atoms with Crippen molar-refractivity contribution in [3.8, 4) is 0 Å². The number of thioether (sulfide) groups is 1. The number of hydrogen-bond acceptors (Lipinski definition) is 3. The minimum absolute atomic E-state index is 0.760. The average molecular weight is 301 g/mol. The molecule has 0 aliphatic carbocycles. The molecule has 118 valence electrons. The Bertz CT molecular complexity index is 273. The molecule has 5 heteroatoms. The van der Waals surface area contributed by atoms with E-state index in [1.54, 1.807) is 0 Å². The lowest BCUT2D eigenvalue weighted by molar-refractivity contribution is 0.164. The Labute approximate surface area is 129 Å². The summed E-state index contributed by atoms with van der Waals surface area (Å²) in [6, 6.07) is 0. The summed E-state index contributed by atoms with van der Waals surface area (Å²) in [5.74, 6) is 3.10. The fourth-order valence-corrected chi connectivity index (χ4v) is 3.06. The van der Waals surface area contributed by atoms with Crippen LogP contribution in [0.25, 0.3) is 0 Å². The Morgan fingerprint density at radius 2 is 1.90 bits per heavy atom. The van der Waals surface area contributed by atoms with Gasteiger partial charge < -0.3 is 10.2 Å². The van der Waals surface area contributed by atoms with E-state index in [0.717, 1.165) is 44.6 Å². The summed E-state index contributed by atoms with van der Waals surface area (Å²) < 4.78 is 0. The predicted octanol–water partition coefficient (Wildman–Crippen LogP) is 1.98. The predicted molar refractivity (Wildman–Crippen MR) is 91.8 cm³/mol. The molecule has 0 aromatic carbocycles. The van der Waals surface area contributed by atoms with E-state index in [1.807, 2.05) is 18.8 Å². The summed E-state index contributed by atoms with van der Waals surface area (Å²) in [4.78, 5) is 9.38. The molecule has 0 unspecified atom stereocenters. The molecule has 1 heterocycles. The van der Waals surface area contributed by atoms with Crippen molar-refractivity contribution in [2.24, 2.45) is 10.9 Å². The zero-order chi connectivity index (χ0) is 14.8. The minimum Gasteiger partial charge on any atom is -0.356 e. The van der Waals surface area contributed by atoms with E-state index in [9.17, 15) is 0 Å². The maximum absolute atomic E-state index is 4.42. The van der Waals surface area contributed by atoms with Gasteiger partial charge in [0.2, 0.25) is 0 Å². The number of unbranched alkanes of at least 4 members (excludes halogenated alkanes) is 1. The molecule has 0 atom stereocenters. The van der Waals surface area contributed by atoms with Crippen molar-refractivity contribution in [1.29, 1.82) is 0 Å². The third-order valence-corrected chi connectivity index (χ3v) is 4.26. The van der Waals surface area contributed by atoms with Crippen LogP contribution in [0.3, 0.4) is 0 Å². The van der Waals surface area contributed by atoms with Crippen LogP contribution in [0.1, 0.15) is 26.7 Å². The lowest BCUT2D eigenvalue weighted by Crippen LogP contribution is -2.53. The average Bonchev–Trinajstić information content (AvgIpc) is 2.43. The molecule has 20 heavy (non-hydrogen) atoms. The fourth-order valence-electron chi connectivity index (χ4n) is 2.56. The van der Waals surface area contributed by atoms with E-state index in [0.29, 0.717) is 0 Å². The highest BCUT2D eigenvalue weighted by Gasteiger charge is 2.19. The van der Waals surface area contributed by atoms with E-state index in [-0.39, 0.29) is 0 Å². The number of nitrogens with zero attached hydrogens (tertiary/aromatic N) is 3. The van der Waals surface area contributed by atoms with Gasteiger partial charge in [0.25, 0.3) is 0 Å². The molecule has 0 amide bonds. The first-order chi connectivity index (χ1) is 9.67. The molecule has 0 bridgehead atoms. The first-order valence-corrected chi connectivity index (χ1v) is 9.23. The van der Waals surface area contributed by atoms with Crippen LogP contribution in [-0.4, -0.2) is 74.1 Å². The molecule has 1 saturated heterocycles. The molecule has 1 N–H and O–H groups in total. The molecule has 0 saturated carbocycles. The van der Waals surface area contributed by atoms with Crippen LogP contribution >= 0.6 is 11.8 Å². The molecule has 1 aliphatic rings. The molecule has 1 fully saturated rings. The molecular weight excluding hydrogens is 268 g/mol. The molecular formula is C15H32N4S. The van der Waals surface area contributed by atoms with Gasteiger partial charge in [0, 0.05) is 46.3 Å². The summed E-state index contributed by atoms with van der Waals surface area (Å²) in [5, 5.41) is 3.50. The lowest BCUT2D eigenvalue weighted by Gasteiger charge is -2.37. The van der Waals surface area contributed by atoms with Crippen LogP contribution < -0.4 is 5.32 Å². The SMILES string of the molecule is CN=C(NCCCCSC)N1CCN(CC(C)C)CC1. The largest absolute Gasteiger partial charge is 0.356 e. The summed E-state index contributed by atoms with van der Waals surface area (Å²) in [6.45, 7) is 11.3. The van der Waals surface area contributed by atoms with Crippen molar-refractivity contribution in [2.45, 2.75) is 26.7 Å². The molecule has 4 nitrogen and oxygen atoms in total. The Hall–Kier alpha value is -0.420. The first kappa shape index (κ1) is 17.6.